The highest BCUT2D eigenvalue weighted by Gasteiger charge is 2.05. The van der Waals surface area contributed by atoms with Gasteiger partial charge in [0.2, 0.25) is 0 Å². The Bertz CT molecular complexity index is 709. The minimum Gasteiger partial charge on any atom is -0.306 e. The number of thiazole rings is 1. The Hall–Kier alpha value is -1.49. The maximum atomic E-state index is 13.6. The van der Waals surface area contributed by atoms with Crippen LogP contribution in [-0.4, -0.2) is 4.98 Å². The number of aromatic nitrogens is 1. The van der Waals surface area contributed by atoms with E-state index in [4.69, 9.17) is 11.6 Å². The van der Waals surface area contributed by atoms with Crippen LogP contribution in [0, 0.1) is 5.82 Å². The van der Waals surface area contributed by atoms with E-state index in [1.807, 2.05) is 24.3 Å². The van der Waals surface area contributed by atoms with E-state index in [1.54, 1.807) is 23.5 Å². The second-order valence-corrected chi connectivity index (χ2v) is 5.97. The molecule has 1 aromatic heterocycles. The zero-order chi connectivity index (χ0) is 13.9. The summed E-state index contributed by atoms with van der Waals surface area (Å²) in [4.78, 5) is 4.52. The van der Waals surface area contributed by atoms with Crippen LogP contribution in [0.5, 0.6) is 0 Å². The van der Waals surface area contributed by atoms with Crippen molar-refractivity contribution in [3.63, 3.8) is 0 Å². The number of rotatable bonds is 4. The maximum Gasteiger partial charge on any atom is 0.127 e. The summed E-state index contributed by atoms with van der Waals surface area (Å²) >= 11 is 7.51. The van der Waals surface area contributed by atoms with Gasteiger partial charge in [-0.05, 0) is 30.3 Å². The fourth-order valence-electron chi connectivity index (χ4n) is 1.98. The summed E-state index contributed by atoms with van der Waals surface area (Å²) in [6, 6.07) is 12.6. The number of nitrogens with one attached hydrogen (secondary N) is 1. The van der Waals surface area contributed by atoms with Gasteiger partial charge in [0, 0.05) is 23.7 Å². The molecule has 0 spiro atoms. The van der Waals surface area contributed by atoms with Crippen molar-refractivity contribution in [3.8, 4) is 0 Å². The third-order valence-corrected chi connectivity index (χ3v) is 4.21. The van der Waals surface area contributed by atoms with Crippen LogP contribution >= 0.6 is 22.9 Å². The molecule has 0 aliphatic heterocycles. The Morgan fingerprint density at radius 1 is 1.15 bits per heavy atom. The Kier molecular flexibility index (Phi) is 3.96. The highest BCUT2D eigenvalue weighted by atomic mass is 35.5. The van der Waals surface area contributed by atoms with Crippen molar-refractivity contribution in [1.29, 1.82) is 0 Å². The molecule has 3 aromatic rings. The Labute approximate surface area is 125 Å². The van der Waals surface area contributed by atoms with Crippen molar-refractivity contribution >= 4 is 33.2 Å². The highest BCUT2D eigenvalue weighted by Crippen LogP contribution is 2.21. The smallest absolute Gasteiger partial charge is 0.127 e. The normalized spacial score (nSPS) is 11.1. The zero-order valence-electron chi connectivity index (χ0n) is 10.6. The molecule has 0 saturated carbocycles. The minimum absolute atomic E-state index is 0.244. The summed E-state index contributed by atoms with van der Waals surface area (Å²) < 4.78 is 14.7. The molecule has 0 amide bonds. The molecule has 2 aromatic carbocycles. The Balaban J connectivity index is 1.66. The van der Waals surface area contributed by atoms with E-state index < -0.39 is 0 Å². The summed E-state index contributed by atoms with van der Waals surface area (Å²) in [6.45, 7) is 1.05. The van der Waals surface area contributed by atoms with Crippen molar-refractivity contribution in [1.82, 2.24) is 10.3 Å². The average molecular weight is 307 g/mol. The first-order chi connectivity index (χ1) is 9.72. The number of fused-ring (bicyclic) bond motifs is 1. The van der Waals surface area contributed by atoms with Gasteiger partial charge in [-0.2, -0.15) is 0 Å². The van der Waals surface area contributed by atoms with Gasteiger partial charge >= 0.3 is 0 Å². The van der Waals surface area contributed by atoms with Crippen LogP contribution in [0.4, 0.5) is 4.39 Å². The van der Waals surface area contributed by atoms with Gasteiger partial charge in [-0.3, -0.25) is 0 Å². The van der Waals surface area contributed by atoms with Crippen LogP contribution in [0.1, 0.15) is 10.6 Å². The largest absolute Gasteiger partial charge is 0.306 e. The molecule has 0 fully saturated rings. The van der Waals surface area contributed by atoms with Crippen molar-refractivity contribution in [2.75, 3.05) is 0 Å². The Morgan fingerprint density at radius 3 is 2.85 bits per heavy atom. The maximum absolute atomic E-state index is 13.6. The van der Waals surface area contributed by atoms with Gasteiger partial charge in [-0.15, -0.1) is 11.3 Å². The van der Waals surface area contributed by atoms with Crippen molar-refractivity contribution in [2.45, 2.75) is 13.1 Å². The topological polar surface area (TPSA) is 24.9 Å². The van der Waals surface area contributed by atoms with Crippen molar-refractivity contribution < 1.29 is 4.39 Å². The predicted octanol–water partition coefficient (Wildman–Crippen LogP) is 4.38. The van der Waals surface area contributed by atoms with E-state index in [9.17, 15) is 4.39 Å². The van der Waals surface area contributed by atoms with Gasteiger partial charge in [0.05, 0.1) is 10.2 Å². The number of benzene rings is 2. The number of hydrogen-bond donors (Lipinski definition) is 1. The van der Waals surface area contributed by atoms with E-state index in [2.05, 4.69) is 10.3 Å². The lowest BCUT2D eigenvalue weighted by Gasteiger charge is -2.04. The molecule has 0 aliphatic carbocycles. The second-order valence-electron chi connectivity index (χ2n) is 4.41. The SMILES string of the molecule is Fc1ccc(Cl)cc1CNCc1nc2ccccc2s1. The quantitative estimate of drug-likeness (QED) is 0.774. The monoisotopic (exact) mass is 306 g/mol. The van der Waals surface area contributed by atoms with Crippen molar-refractivity contribution in [2.24, 2.45) is 0 Å². The number of halogens is 2. The molecule has 0 bridgehead atoms. The lowest BCUT2D eigenvalue weighted by atomic mass is 10.2. The van der Waals surface area contributed by atoms with Crippen LogP contribution in [0.2, 0.25) is 5.02 Å². The summed E-state index contributed by atoms with van der Waals surface area (Å²) in [6.07, 6.45) is 0. The molecule has 0 unspecified atom stereocenters. The minimum atomic E-state index is -0.244. The van der Waals surface area contributed by atoms with E-state index in [0.717, 1.165) is 10.5 Å². The fraction of sp³-hybridized carbons (Fsp3) is 0.133. The average Bonchev–Trinajstić information content (AvgIpc) is 2.85. The van der Waals surface area contributed by atoms with Gasteiger partial charge in [0.1, 0.15) is 10.8 Å². The van der Waals surface area contributed by atoms with E-state index in [-0.39, 0.29) is 5.82 Å². The molecule has 1 N–H and O–H groups in total. The van der Waals surface area contributed by atoms with Crippen LogP contribution in [-0.2, 0) is 13.1 Å². The van der Waals surface area contributed by atoms with Crippen LogP contribution < -0.4 is 5.32 Å². The molecule has 0 saturated heterocycles. The Morgan fingerprint density at radius 2 is 2.00 bits per heavy atom. The van der Waals surface area contributed by atoms with Crippen molar-refractivity contribution in [3.05, 3.63) is 63.9 Å². The molecule has 0 atom stereocenters. The number of para-hydroxylation sites is 1. The van der Waals surface area contributed by atoms with Gasteiger partial charge in [0.15, 0.2) is 0 Å². The summed E-state index contributed by atoms with van der Waals surface area (Å²) in [5, 5.41) is 4.73. The summed E-state index contributed by atoms with van der Waals surface area (Å²) in [7, 11) is 0. The van der Waals surface area contributed by atoms with E-state index >= 15 is 0 Å². The van der Waals surface area contributed by atoms with Crippen LogP contribution in [0.3, 0.4) is 0 Å². The third kappa shape index (κ3) is 2.98. The molecule has 1 heterocycles. The second kappa shape index (κ2) is 5.87. The van der Waals surface area contributed by atoms with E-state index in [1.165, 1.54) is 10.8 Å². The summed E-state index contributed by atoms with van der Waals surface area (Å²) in [5.41, 5.74) is 1.57. The fourth-order valence-corrected chi connectivity index (χ4v) is 3.11. The number of nitrogens with zero attached hydrogens (tertiary/aromatic N) is 1. The third-order valence-electron chi connectivity index (χ3n) is 2.94. The first-order valence-electron chi connectivity index (χ1n) is 6.21. The molecular formula is C15H12ClFN2S. The van der Waals surface area contributed by atoms with Crippen LogP contribution in [0.15, 0.2) is 42.5 Å². The summed E-state index contributed by atoms with van der Waals surface area (Å²) in [5.74, 6) is -0.244. The molecule has 20 heavy (non-hydrogen) atoms. The first-order valence-corrected chi connectivity index (χ1v) is 7.41. The molecule has 2 nitrogen and oxygen atoms in total. The lowest BCUT2D eigenvalue weighted by Crippen LogP contribution is -2.13. The highest BCUT2D eigenvalue weighted by molar-refractivity contribution is 7.18. The zero-order valence-corrected chi connectivity index (χ0v) is 12.1. The molecule has 0 radical (unpaired) electrons. The van der Waals surface area contributed by atoms with Gasteiger partial charge in [-0.1, -0.05) is 23.7 Å². The van der Waals surface area contributed by atoms with Crippen LogP contribution in [0.25, 0.3) is 10.2 Å². The van der Waals surface area contributed by atoms with Gasteiger partial charge < -0.3 is 5.32 Å². The standard InChI is InChI=1S/C15H12ClFN2S/c16-11-5-6-12(17)10(7-11)8-18-9-15-19-13-3-1-2-4-14(13)20-15/h1-7,18H,8-9H2. The first kappa shape index (κ1) is 13.5. The molecule has 5 heteroatoms. The molecule has 0 aliphatic rings. The predicted molar refractivity (Wildman–Crippen MR) is 81.6 cm³/mol. The van der Waals surface area contributed by atoms with Gasteiger partial charge in [-0.25, -0.2) is 9.37 Å². The van der Waals surface area contributed by atoms with Gasteiger partial charge in [0.25, 0.3) is 0 Å². The van der Waals surface area contributed by atoms with E-state index in [0.29, 0.717) is 23.7 Å². The molecular weight excluding hydrogens is 295 g/mol. The number of hydrogen-bond acceptors (Lipinski definition) is 3. The molecule has 102 valence electrons. The molecule has 3 rings (SSSR count). The lowest BCUT2D eigenvalue weighted by molar-refractivity contribution is 0.587.